The molecule has 2 amide bonds. The molecule has 1 aromatic carbocycles. The van der Waals surface area contributed by atoms with Gasteiger partial charge in [0.05, 0.1) is 17.7 Å². The number of anilines is 1. The molecule has 90 valence electrons. The van der Waals surface area contributed by atoms with Gasteiger partial charge >= 0.3 is 6.03 Å². The number of hydrogen-bond acceptors (Lipinski definition) is 3. The van der Waals surface area contributed by atoms with Gasteiger partial charge in [0.1, 0.15) is 0 Å². The molecule has 17 heavy (non-hydrogen) atoms. The maximum absolute atomic E-state index is 11.7. The highest BCUT2D eigenvalue weighted by Gasteiger charge is 2.10. The number of hydrogen-bond donors (Lipinski definition) is 2. The molecular formula is C12H15N3O2. The molecule has 1 unspecified atom stereocenters. The van der Waals surface area contributed by atoms with Crippen LogP contribution in [0.1, 0.15) is 12.5 Å². The molecule has 0 aliphatic rings. The molecule has 2 N–H and O–H groups in total. The predicted octanol–water partition coefficient (Wildman–Crippen LogP) is 1.40. The molecule has 0 spiro atoms. The molecule has 0 bridgehead atoms. The quantitative estimate of drug-likeness (QED) is 0.828. The zero-order valence-corrected chi connectivity index (χ0v) is 9.84. The Morgan fingerprint density at radius 3 is 2.94 bits per heavy atom. The number of likely N-dealkylation sites (N-methyl/N-ethyl adjacent to an activating group) is 1. The van der Waals surface area contributed by atoms with Gasteiger partial charge in [-0.3, -0.25) is 0 Å². The molecule has 5 nitrogen and oxygen atoms in total. The molecule has 0 saturated heterocycles. The molecule has 1 aromatic rings. The molecule has 1 atom stereocenters. The number of nitriles is 1. The van der Waals surface area contributed by atoms with Crippen molar-refractivity contribution in [3.8, 4) is 6.07 Å². The van der Waals surface area contributed by atoms with Gasteiger partial charge in [0.2, 0.25) is 0 Å². The Morgan fingerprint density at radius 2 is 2.35 bits per heavy atom. The summed E-state index contributed by atoms with van der Waals surface area (Å²) in [7, 11) is 1.59. The van der Waals surface area contributed by atoms with E-state index in [1.54, 1.807) is 38.2 Å². The number of urea groups is 1. The second-order valence-electron chi connectivity index (χ2n) is 3.85. The van der Waals surface area contributed by atoms with Crippen molar-refractivity contribution < 1.29 is 9.90 Å². The van der Waals surface area contributed by atoms with Crippen molar-refractivity contribution in [3.63, 3.8) is 0 Å². The average Bonchev–Trinajstić information content (AvgIpc) is 2.28. The first-order chi connectivity index (χ1) is 8.02. The molecule has 0 aliphatic heterocycles. The van der Waals surface area contributed by atoms with E-state index >= 15 is 0 Å². The highest BCUT2D eigenvalue weighted by atomic mass is 16.3. The second-order valence-corrected chi connectivity index (χ2v) is 3.85. The number of aliphatic hydroxyl groups is 1. The zero-order chi connectivity index (χ0) is 12.8. The number of aliphatic hydroxyl groups excluding tert-OH is 1. The van der Waals surface area contributed by atoms with E-state index < -0.39 is 6.10 Å². The highest BCUT2D eigenvalue weighted by molar-refractivity contribution is 5.89. The third-order valence-electron chi connectivity index (χ3n) is 2.13. The van der Waals surface area contributed by atoms with Gasteiger partial charge in [-0.15, -0.1) is 0 Å². The lowest BCUT2D eigenvalue weighted by atomic mass is 10.2. The summed E-state index contributed by atoms with van der Waals surface area (Å²) in [5.74, 6) is 0. The van der Waals surface area contributed by atoms with E-state index in [-0.39, 0.29) is 12.6 Å². The van der Waals surface area contributed by atoms with E-state index in [0.717, 1.165) is 0 Å². The van der Waals surface area contributed by atoms with E-state index in [9.17, 15) is 4.79 Å². The van der Waals surface area contributed by atoms with Gasteiger partial charge in [-0.2, -0.15) is 5.26 Å². The molecule has 5 heteroatoms. The Morgan fingerprint density at radius 1 is 1.65 bits per heavy atom. The van der Waals surface area contributed by atoms with Crippen LogP contribution in [0.25, 0.3) is 0 Å². The number of carbonyl (C=O) groups is 1. The van der Waals surface area contributed by atoms with Crippen LogP contribution < -0.4 is 5.32 Å². The van der Waals surface area contributed by atoms with E-state index in [1.165, 1.54) is 4.90 Å². The maximum Gasteiger partial charge on any atom is 0.321 e. The molecule has 1 rings (SSSR count). The zero-order valence-electron chi connectivity index (χ0n) is 9.84. The number of benzene rings is 1. The fourth-order valence-electron chi connectivity index (χ4n) is 1.36. The van der Waals surface area contributed by atoms with Crippen molar-refractivity contribution in [1.82, 2.24) is 4.90 Å². The van der Waals surface area contributed by atoms with Crippen molar-refractivity contribution in [1.29, 1.82) is 5.26 Å². The van der Waals surface area contributed by atoms with Gasteiger partial charge in [-0.1, -0.05) is 6.07 Å². The predicted molar refractivity (Wildman–Crippen MR) is 64.5 cm³/mol. The highest BCUT2D eigenvalue weighted by Crippen LogP contribution is 2.10. The Hall–Kier alpha value is -2.06. The van der Waals surface area contributed by atoms with Crippen LogP contribution in [0.4, 0.5) is 10.5 Å². The summed E-state index contributed by atoms with van der Waals surface area (Å²) in [6.45, 7) is 1.86. The largest absolute Gasteiger partial charge is 0.392 e. The standard InChI is InChI=1S/C12H15N3O2/c1-9(16)8-15(2)12(17)14-11-5-3-4-10(6-11)7-13/h3-6,9,16H,8H2,1-2H3,(H,14,17). The lowest BCUT2D eigenvalue weighted by molar-refractivity contribution is 0.149. The monoisotopic (exact) mass is 233 g/mol. The van der Waals surface area contributed by atoms with E-state index in [1.807, 2.05) is 6.07 Å². The van der Waals surface area contributed by atoms with Gasteiger partial charge < -0.3 is 15.3 Å². The topological polar surface area (TPSA) is 76.4 Å². The summed E-state index contributed by atoms with van der Waals surface area (Å²) in [4.78, 5) is 13.0. The second kappa shape index (κ2) is 5.87. The summed E-state index contributed by atoms with van der Waals surface area (Å²) in [6.07, 6.45) is -0.573. The third-order valence-corrected chi connectivity index (χ3v) is 2.13. The van der Waals surface area contributed by atoms with E-state index in [2.05, 4.69) is 5.32 Å². The number of amides is 2. The van der Waals surface area contributed by atoms with Gasteiger partial charge in [-0.05, 0) is 25.1 Å². The van der Waals surface area contributed by atoms with Crippen LogP contribution in [0.3, 0.4) is 0 Å². The Kier molecular flexibility index (Phi) is 4.49. The Bertz CT molecular complexity index is 438. The number of nitrogens with zero attached hydrogens (tertiary/aromatic N) is 2. The summed E-state index contributed by atoms with van der Waals surface area (Å²) in [5.41, 5.74) is 1.05. The summed E-state index contributed by atoms with van der Waals surface area (Å²) >= 11 is 0. The van der Waals surface area contributed by atoms with Crippen LogP contribution in [0, 0.1) is 11.3 Å². The van der Waals surface area contributed by atoms with E-state index in [0.29, 0.717) is 11.3 Å². The van der Waals surface area contributed by atoms with Crippen LogP contribution in [0.2, 0.25) is 0 Å². The van der Waals surface area contributed by atoms with Crippen molar-refractivity contribution in [2.24, 2.45) is 0 Å². The Labute approximate surface area is 100 Å². The molecule has 0 heterocycles. The van der Waals surface area contributed by atoms with Gasteiger partial charge in [-0.25, -0.2) is 4.79 Å². The lowest BCUT2D eigenvalue weighted by Crippen LogP contribution is -2.36. The Balaban J connectivity index is 2.65. The number of rotatable bonds is 3. The fraction of sp³-hybridized carbons (Fsp3) is 0.333. The minimum Gasteiger partial charge on any atom is -0.392 e. The molecular weight excluding hydrogens is 218 g/mol. The van der Waals surface area contributed by atoms with Crippen LogP contribution in [0.5, 0.6) is 0 Å². The smallest absolute Gasteiger partial charge is 0.321 e. The number of carbonyl (C=O) groups excluding carboxylic acids is 1. The first kappa shape index (κ1) is 13.0. The minimum absolute atomic E-state index is 0.254. The summed E-state index contributed by atoms with van der Waals surface area (Å²) < 4.78 is 0. The maximum atomic E-state index is 11.7. The molecule has 0 radical (unpaired) electrons. The normalized spacial score (nSPS) is 11.4. The van der Waals surface area contributed by atoms with Crippen molar-refractivity contribution in [2.75, 3.05) is 18.9 Å². The average molecular weight is 233 g/mol. The van der Waals surface area contributed by atoms with Crippen LogP contribution in [0.15, 0.2) is 24.3 Å². The summed E-state index contributed by atoms with van der Waals surface area (Å²) in [5, 5.41) is 20.5. The van der Waals surface area contributed by atoms with Gasteiger partial charge in [0.15, 0.2) is 0 Å². The summed E-state index contributed by atoms with van der Waals surface area (Å²) in [6, 6.07) is 8.33. The van der Waals surface area contributed by atoms with Crippen LogP contribution in [-0.4, -0.2) is 35.7 Å². The van der Waals surface area contributed by atoms with Gasteiger partial charge in [0, 0.05) is 19.3 Å². The van der Waals surface area contributed by atoms with Crippen LogP contribution in [-0.2, 0) is 0 Å². The minimum atomic E-state index is -0.573. The first-order valence-electron chi connectivity index (χ1n) is 5.23. The van der Waals surface area contributed by atoms with Crippen molar-refractivity contribution in [2.45, 2.75) is 13.0 Å². The SMILES string of the molecule is CC(O)CN(C)C(=O)Nc1cccc(C#N)c1. The van der Waals surface area contributed by atoms with Crippen molar-refractivity contribution in [3.05, 3.63) is 29.8 Å². The molecule has 0 aliphatic carbocycles. The fourth-order valence-corrected chi connectivity index (χ4v) is 1.36. The van der Waals surface area contributed by atoms with Crippen LogP contribution >= 0.6 is 0 Å². The third kappa shape index (κ3) is 4.13. The first-order valence-corrected chi connectivity index (χ1v) is 5.23. The lowest BCUT2D eigenvalue weighted by Gasteiger charge is -2.19. The molecule has 0 fully saturated rings. The van der Waals surface area contributed by atoms with Gasteiger partial charge in [0.25, 0.3) is 0 Å². The van der Waals surface area contributed by atoms with Crippen molar-refractivity contribution >= 4 is 11.7 Å². The van der Waals surface area contributed by atoms with E-state index in [4.69, 9.17) is 10.4 Å². The number of nitrogens with one attached hydrogen (secondary N) is 1. The molecule has 0 aromatic heterocycles. The molecule has 0 saturated carbocycles.